The molecule has 118 valence electrons. The van der Waals surface area contributed by atoms with Gasteiger partial charge in [-0.1, -0.05) is 0 Å². The number of hydrogen-bond acceptors (Lipinski definition) is 4. The quantitative estimate of drug-likeness (QED) is 0.581. The van der Waals surface area contributed by atoms with Crippen LogP contribution in [0.2, 0.25) is 0 Å². The molecule has 2 aromatic heterocycles. The number of aromatic amines is 1. The molecule has 0 saturated heterocycles. The molecule has 6 heteroatoms. The minimum absolute atomic E-state index is 0.272. The summed E-state index contributed by atoms with van der Waals surface area (Å²) in [5, 5.41) is 9.26. The molecule has 2 aromatic carbocycles. The van der Waals surface area contributed by atoms with Crippen LogP contribution in [0.5, 0.6) is 11.5 Å². The van der Waals surface area contributed by atoms with Crippen molar-refractivity contribution in [1.82, 2.24) is 15.2 Å². The van der Waals surface area contributed by atoms with Crippen molar-refractivity contribution in [3.8, 4) is 22.8 Å². The van der Waals surface area contributed by atoms with Gasteiger partial charge in [0.15, 0.2) is 11.5 Å². The second kappa shape index (κ2) is 4.92. The molecule has 5 nitrogen and oxygen atoms in total. The van der Waals surface area contributed by atoms with Crippen LogP contribution in [0.4, 0.5) is 4.39 Å². The summed E-state index contributed by atoms with van der Waals surface area (Å²) in [6, 6.07) is 10.1. The minimum atomic E-state index is -0.272. The van der Waals surface area contributed by atoms with Gasteiger partial charge in [0, 0.05) is 28.6 Å². The highest BCUT2D eigenvalue weighted by Crippen LogP contribution is 2.37. The molecular weight excluding hydrogens is 309 g/mol. The molecule has 4 aromatic rings. The fourth-order valence-electron chi connectivity index (χ4n) is 3.03. The van der Waals surface area contributed by atoms with Crippen molar-refractivity contribution in [3.05, 3.63) is 48.4 Å². The number of nitrogens with one attached hydrogen (secondary N) is 1. The molecule has 1 aliphatic rings. The second-order valence-corrected chi connectivity index (χ2v) is 5.64. The van der Waals surface area contributed by atoms with Crippen LogP contribution >= 0.6 is 0 Å². The molecule has 3 heterocycles. The van der Waals surface area contributed by atoms with E-state index < -0.39 is 0 Å². The molecule has 1 N–H and O–H groups in total. The van der Waals surface area contributed by atoms with E-state index in [1.54, 1.807) is 18.3 Å². The molecule has 0 atom stereocenters. The molecule has 0 aliphatic carbocycles. The molecule has 0 spiro atoms. The fourth-order valence-corrected chi connectivity index (χ4v) is 3.03. The van der Waals surface area contributed by atoms with Crippen molar-refractivity contribution >= 4 is 21.8 Å². The van der Waals surface area contributed by atoms with Crippen molar-refractivity contribution in [2.24, 2.45) is 0 Å². The number of nitrogens with zero attached hydrogens (tertiary/aromatic N) is 2. The first-order valence-electron chi connectivity index (χ1n) is 7.62. The Bertz CT molecular complexity index is 1070. The largest absolute Gasteiger partial charge is 0.486 e. The van der Waals surface area contributed by atoms with Gasteiger partial charge >= 0.3 is 0 Å². The molecule has 0 radical (unpaired) electrons. The molecule has 0 saturated carbocycles. The lowest BCUT2D eigenvalue weighted by molar-refractivity contribution is 0.172. The summed E-state index contributed by atoms with van der Waals surface area (Å²) < 4.78 is 24.4. The summed E-state index contributed by atoms with van der Waals surface area (Å²) in [5.41, 5.74) is 3.26. The Balaban J connectivity index is 1.75. The van der Waals surface area contributed by atoms with E-state index in [2.05, 4.69) is 15.2 Å². The molecular formula is C18H12FN3O2. The van der Waals surface area contributed by atoms with Gasteiger partial charge in [-0.3, -0.25) is 10.1 Å². The molecule has 0 fully saturated rings. The lowest BCUT2D eigenvalue weighted by atomic mass is 10.1. The number of ether oxygens (including phenoxy) is 2. The lowest BCUT2D eigenvalue weighted by Crippen LogP contribution is -2.15. The Morgan fingerprint density at radius 1 is 0.958 bits per heavy atom. The topological polar surface area (TPSA) is 60.0 Å². The van der Waals surface area contributed by atoms with Gasteiger partial charge < -0.3 is 9.47 Å². The Morgan fingerprint density at radius 2 is 1.71 bits per heavy atom. The number of pyridine rings is 1. The first-order chi connectivity index (χ1) is 11.8. The number of hydrogen-bond donors (Lipinski definition) is 1. The van der Waals surface area contributed by atoms with E-state index in [1.807, 2.05) is 12.1 Å². The van der Waals surface area contributed by atoms with Gasteiger partial charge in [-0.05, 0) is 30.3 Å². The summed E-state index contributed by atoms with van der Waals surface area (Å²) in [6.07, 6.45) is 1.77. The number of rotatable bonds is 1. The van der Waals surface area contributed by atoms with Crippen LogP contribution < -0.4 is 9.47 Å². The number of H-pyrrole nitrogens is 1. The smallest absolute Gasteiger partial charge is 0.163 e. The van der Waals surface area contributed by atoms with Crippen molar-refractivity contribution in [3.63, 3.8) is 0 Å². The Kier molecular flexibility index (Phi) is 2.73. The molecule has 0 unspecified atom stereocenters. The van der Waals surface area contributed by atoms with Crippen LogP contribution in [0.15, 0.2) is 42.6 Å². The Hall–Kier alpha value is -3.15. The Morgan fingerprint density at radius 3 is 2.50 bits per heavy atom. The lowest BCUT2D eigenvalue weighted by Gasteiger charge is -2.18. The predicted molar refractivity (Wildman–Crippen MR) is 87.8 cm³/mol. The van der Waals surface area contributed by atoms with Gasteiger partial charge in [-0.15, -0.1) is 0 Å². The summed E-state index contributed by atoms with van der Waals surface area (Å²) in [6.45, 7) is 1.07. The number of halogens is 1. The summed E-state index contributed by atoms with van der Waals surface area (Å²) in [7, 11) is 0. The monoisotopic (exact) mass is 321 g/mol. The van der Waals surface area contributed by atoms with Crippen molar-refractivity contribution in [2.75, 3.05) is 13.2 Å². The standard InChI is InChI=1S/C18H12FN3O2/c19-11-3-1-10(2-4-11)17-13-9-20-14-8-16-15(23-5-6-24-16)7-12(14)18(13)22-21-17/h1-4,7-9H,5-6H2,(H,21,22). The first kappa shape index (κ1) is 13.3. The van der Waals surface area contributed by atoms with E-state index >= 15 is 0 Å². The Labute approximate surface area is 136 Å². The van der Waals surface area contributed by atoms with Gasteiger partial charge in [0.1, 0.15) is 24.7 Å². The number of benzene rings is 2. The highest BCUT2D eigenvalue weighted by Gasteiger charge is 2.17. The van der Waals surface area contributed by atoms with Crippen molar-refractivity contribution < 1.29 is 13.9 Å². The van der Waals surface area contributed by atoms with E-state index in [4.69, 9.17) is 9.47 Å². The van der Waals surface area contributed by atoms with Gasteiger partial charge in [-0.2, -0.15) is 5.10 Å². The zero-order valence-electron chi connectivity index (χ0n) is 12.5. The summed E-state index contributed by atoms with van der Waals surface area (Å²) in [4.78, 5) is 4.52. The molecule has 5 rings (SSSR count). The normalized spacial score (nSPS) is 13.5. The van der Waals surface area contributed by atoms with Gasteiger partial charge in [0.25, 0.3) is 0 Å². The zero-order valence-corrected chi connectivity index (χ0v) is 12.5. The van der Waals surface area contributed by atoms with E-state index in [1.165, 1.54) is 12.1 Å². The van der Waals surface area contributed by atoms with Crippen molar-refractivity contribution in [2.45, 2.75) is 0 Å². The highest BCUT2D eigenvalue weighted by molar-refractivity contribution is 6.08. The fraction of sp³-hybridized carbons (Fsp3) is 0.111. The van der Waals surface area contributed by atoms with Crippen LogP contribution in [0, 0.1) is 5.82 Å². The van der Waals surface area contributed by atoms with Gasteiger partial charge in [-0.25, -0.2) is 4.39 Å². The van der Waals surface area contributed by atoms with Crippen LogP contribution in [0.25, 0.3) is 33.1 Å². The predicted octanol–water partition coefficient (Wildman–Crippen LogP) is 3.69. The maximum absolute atomic E-state index is 13.1. The van der Waals surface area contributed by atoms with E-state index in [9.17, 15) is 4.39 Å². The van der Waals surface area contributed by atoms with Gasteiger partial charge in [0.05, 0.1) is 11.0 Å². The van der Waals surface area contributed by atoms with Gasteiger partial charge in [0.2, 0.25) is 0 Å². The third-order valence-corrected chi connectivity index (χ3v) is 4.18. The van der Waals surface area contributed by atoms with Crippen molar-refractivity contribution in [1.29, 1.82) is 0 Å². The third-order valence-electron chi connectivity index (χ3n) is 4.18. The summed E-state index contributed by atoms with van der Waals surface area (Å²) >= 11 is 0. The molecule has 24 heavy (non-hydrogen) atoms. The van der Waals surface area contributed by atoms with Crippen LogP contribution in [0.1, 0.15) is 0 Å². The minimum Gasteiger partial charge on any atom is -0.486 e. The third kappa shape index (κ3) is 1.93. The SMILES string of the molecule is Fc1ccc(-c2n[nH]c3c2cnc2cc4c(cc23)OCCO4)cc1. The maximum Gasteiger partial charge on any atom is 0.163 e. The van der Waals surface area contributed by atoms with Crippen LogP contribution in [-0.2, 0) is 0 Å². The first-order valence-corrected chi connectivity index (χ1v) is 7.62. The maximum atomic E-state index is 13.1. The average molecular weight is 321 g/mol. The number of aromatic nitrogens is 3. The van der Waals surface area contributed by atoms with Crippen LogP contribution in [0.3, 0.4) is 0 Å². The van der Waals surface area contributed by atoms with E-state index in [-0.39, 0.29) is 5.82 Å². The van der Waals surface area contributed by atoms with E-state index in [0.29, 0.717) is 24.7 Å². The zero-order chi connectivity index (χ0) is 16.1. The second-order valence-electron chi connectivity index (χ2n) is 5.64. The van der Waals surface area contributed by atoms with E-state index in [0.717, 1.165) is 33.1 Å². The van der Waals surface area contributed by atoms with Crippen LogP contribution in [-0.4, -0.2) is 28.4 Å². The molecule has 0 bridgehead atoms. The number of fused-ring (bicyclic) bond motifs is 4. The molecule has 1 aliphatic heterocycles. The summed E-state index contributed by atoms with van der Waals surface area (Å²) in [5.74, 6) is 1.14. The average Bonchev–Trinajstić information content (AvgIpc) is 3.05. The highest BCUT2D eigenvalue weighted by atomic mass is 19.1. The molecule has 0 amide bonds.